The van der Waals surface area contributed by atoms with Gasteiger partial charge in [0.2, 0.25) is 15.9 Å². The van der Waals surface area contributed by atoms with Crippen LogP contribution in [0.15, 0.2) is 51.8 Å². The number of aryl methyl sites for hydroxylation is 1. The number of halogens is 1. The zero-order valence-electron chi connectivity index (χ0n) is 16.2. The minimum atomic E-state index is -3.99. The zero-order valence-corrected chi connectivity index (χ0v) is 18.6. The van der Waals surface area contributed by atoms with Crippen molar-refractivity contribution < 1.29 is 18.1 Å². The Bertz CT molecular complexity index is 1070. The van der Waals surface area contributed by atoms with Crippen LogP contribution in [0.3, 0.4) is 0 Å². The molecule has 0 radical (unpaired) electrons. The monoisotopic (exact) mass is 496 g/mol. The van der Waals surface area contributed by atoms with Crippen molar-refractivity contribution in [3.8, 4) is 0 Å². The number of rotatable bonds is 6. The Morgan fingerprint density at radius 1 is 1.17 bits per heavy atom. The summed E-state index contributed by atoms with van der Waals surface area (Å²) in [4.78, 5) is 24.4. The van der Waals surface area contributed by atoms with E-state index in [9.17, 15) is 23.3 Å². The van der Waals surface area contributed by atoms with E-state index in [1.165, 1.54) is 28.6 Å². The molecule has 2 aromatic carbocycles. The second kappa shape index (κ2) is 9.21. The van der Waals surface area contributed by atoms with E-state index in [1.54, 1.807) is 0 Å². The van der Waals surface area contributed by atoms with Crippen molar-refractivity contribution in [1.82, 2.24) is 9.21 Å². The highest BCUT2D eigenvalue weighted by Crippen LogP contribution is 2.27. The van der Waals surface area contributed by atoms with Crippen LogP contribution in [0.4, 0.5) is 11.4 Å². The van der Waals surface area contributed by atoms with E-state index in [2.05, 4.69) is 21.2 Å². The lowest BCUT2D eigenvalue weighted by Gasteiger charge is -2.33. The second-order valence-corrected chi connectivity index (χ2v) is 9.70. The molecule has 0 spiro atoms. The summed E-state index contributed by atoms with van der Waals surface area (Å²) in [6.45, 7) is 3.07. The molecule has 1 N–H and O–H groups in total. The van der Waals surface area contributed by atoms with E-state index >= 15 is 0 Å². The van der Waals surface area contributed by atoms with E-state index in [0.29, 0.717) is 18.8 Å². The normalized spacial score (nSPS) is 15.7. The van der Waals surface area contributed by atoms with Crippen LogP contribution in [0, 0.1) is 17.0 Å². The lowest BCUT2D eigenvalue weighted by Crippen LogP contribution is -2.50. The van der Waals surface area contributed by atoms with E-state index in [0.717, 1.165) is 10.0 Å². The molecule has 0 unspecified atom stereocenters. The number of carbonyl (C=O) groups excluding carboxylic acids is 1. The first-order valence-electron chi connectivity index (χ1n) is 9.20. The molecule has 0 aromatic heterocycles. The van der Waals surface area contributed by atoms with Gasteiger partial charge in [0, 0.05) is 36.7 Å². The highest BCUT2D eigenvalue weighted by molar-refractivity contribution is 9.10. The van der Waals surface area contributed by atoms with Crippen LogP contribution in [-0.2, 0) is 14.8 Å². The van der Waals surface area contributed by atoms with Gasteiger partial charge in [0.15, 0.2) is 4.90 Å². The van der Waals surface area contributed by atoms with Crippen molar-refractivity contribution in [1.29, 1.82) is 0 Å². The van der Waals surface area contributed by atoms with Gasteiger partial charge in [0.1, 0.15) is 0 Å². The molecule has 9 nitrogen and oxygen atoms in total. The van der Waals surface area contributed by atoms with Crippen LogP contribution >= 0.6 is 15.9 Å². The summed E-state index contributed by atoms with van der Waals surface area (Å²) in [5.41, 5.74) is 1.29. The van der Waals surface area contributed by atoms with Crippen LogP contribution in [0.5, 0.6) is 0 Å². The van der Waals surface area contributed by atoms with E-state index < -0.39 is 20.6 Å². The summed E-state index contributed by atoms with van der Waals surface area (Å²) in [6, 6.07) is 10.9. The Kier molecular flexibility index (Phi) is 6.86. The Hall–Kier alpha value is -2.34. The molecule has 1 fully saturated rings. The predicted octanol–water partition coefficient (Wildman–Crippen LogP) is 2.61. The highest BCUT2D eigenvalue weighted by atomic mass is 79.9. The zero-order chi connectivity index (χ0) is 21.9. The standard InChI is InChI=1S/C19H21BrN4O5S/c1-14-6-7-16(15(20)12-14)21-19(25)13-22-8-10-23(11-9-22)30(28,29)18-5-3-2-4-17(18)24(26)27/h2-7,12H,8-11,13H2,1H3,(H,21,25). The van der Waals surface area contributed by atoms with E-state index in [4.69, 9.17) is 0 Å². The number of carbonyl (C=O) groups is 1. The molecule has 0 atom stereocenters. The summed E-state index contributed by atoms with van der Waals surface area (Å²) in [6.07, 6.45) is 0. The van der Waals surface area contributed by atoms with E-state index in [1.807, 2.05) is 30.0 Å². The number of sulfonamides is 1. The van der Waals surface area contributed by atoms with Gasteiger partial charge in [-0.25, -0.2) is 8.42 Å². The summed E-state index contributed by atoms with van der Waals surface area (Å²) in [5, 5.41) is 14.0. The summed E-state index contributed by atoms with van der Waals surface area (Å²) in [5.74, 6) is -0.199. The molecule has 0 saturated carbocycles. The summed E-state index contributed by atoms with van der Waals surface area (Å²) >= 11 is 3.42. The molecule has 1 heterocycles. The van der Waals surface area contributed by atoms with Crippen LogP contribution in [0.2, 0.25) is 0 Å². The molecule has 160 valence electrons. The first-order valence-corrected chi connectivity index (χ1v) is 11.4. The molecule has 11 heteroatoms. The van der Waals surface area contributed by atoms with Crippen LogP contribution in [0.25, 0.3) is 0 Å². The average molecular weight is 497 g/mol. The number of nitrogens with one attached hydrogen (secondary N) is 1. The van der Waals surface area contributed by atoms with Crippen LogP contribution in [0.1, 0.15) is 5.56 Å². The number of nitrogens with zero attached hydrogens (tertiary/aromatic N) is 3. The maximum absolute atomic E-state index is 12.9. The molecule has 2 aromatic rings. The third-order valence-electron chi connectivity index (χ3n) is 4.78. The number of anilines is 1. The Morgan fingerprint density at radius 2 is 1.83 bits per heavy atom. The van der Waals surface area contributed by atoms with Gasteiger partial charge < -0.3 is 5.32 Å². The molecule has 0 aliphatic carbocycles. The summed E-state index contributed by atoms with van der Waals surface area (Å²) in [7, 11) is -3.99. The molecule has 3 rings (SSSR count). The topological polar surface area (TPSA) is 113 Å². The largest absolute Gasteiger partial charge is 0.324 e. The number of hydrogen-bond donors (Lipinski definition) is 1. The Labute approximate surface area is 183 Å². The number of nitro benzene ring substituents is 1. The molecular formula is C19H21BrN4O5S. The van der Waals surface area contributed by atoms with Gasteiger partial charge >= 0.3 is 0 Å². The fourth-order valence-corrected chi connectivity index (χ4v) is 5.38. The van der Waals surface area contributed by atoms with Gasteiger partial charge in [0.25, 0.3) is 5.69 Å². The van der Waals surface area contributed by atoms with Crippen molar-refractivity contribution in [2.45, 2.75) is 11.8 Å². The minimum Gasteiger partial charge on any atom is -0.324 e. The van der Waals surface area contributed by atoms with Crippen molar-refractivity contribution in [2.24, 2.45) is 0 Å². The number of hydrogen-bond acceptors (Lipinski definition) is 6. The van der Waals surface area contributed by atoms with Crippen LogP contribution < -0.4 is 5.32 Å². The number of nitro groups is 1. The predicted molar refractivity (Wildman–Crippen MR) is 116 cm³/mol. The first kappa shape index (κ1) is 22.3. The van der Waals surface area contributed by atoms with Crippen molar-refractivity contribution in [3.05, 3.63) is 62.6 Å². The average Bonchev–Trinajstić information content (AvgIpc) is 2.70. The molecule has 1 aliphatic rings. The van der Waals surface area contributed by atoms with Gasteiger partial charge in [-0.2, -0.15) is 4.31 Å². The van der Waals surface area contributed by atoms with Gasteiger partial charge in [-0.3, -0.25) is 19.8 Å². The number of para-hydroxylation sites is 1. The number of benzene rings is 2. The molecule has 1 saturated heterocycles. The van der Waals surface area contributed by atoms with E-state index in [-0.39, 0.29) is 30.4 Å². The maximum atomic E-state index is 12.9. The SMILES string of the molecule is Cc1ccc(NC(=O)CN2CCN(S(=O)(=O)c3ccccc3[N+](=O)[O-])CC2)c(Br)c1. The van der Waals surface area contributed by atoms with Crippen molar-refractivity contribution >= 4 is 43.2 Å². The minimum absolute atomic E-state index is 0.125. The summed E-state index contributed by atoms with van der Waals surface area (Å²) < 4.78 is 27.7. The number of piperazine rings is 1. The number of amides is 1. The molecular weight excluding hydrogens is 476 g/mol. The van der Waals surface area contributed by atoms with Gasteiger partial charge in [-0.15, -0.1) is 0 Å². The second-order valence-electron chi connectivity index (χ2n) is 6.94. The lowest BCUT2D eigenvalue weighted by atomic mass is 10.2. The quantitative estimate of drug-likeness (QED) is 0.485. The van der Waals surface area contributed by atoms with Crippen molar-refractivity contribution in [2.75, 3.05) is 38.0 Å². The Balaban J connectivity index is 1.60. The maximum Gasteiger partial charge on any atom is 0.289 e. The fourth-order valence-electron chi connectivity index (χ4n) is 3.21. The highest BCUT2D eigenvalue weighted by Gasteiger charge is 2.33. The first-order chi connectivity index (χ1) is 14.2. The molecule has 30 heavy (non-hydrogen) atoms. The van der Waals surface area contributed by atoms with Crippen molar-refractivity contribution in [3.63, 3.8) is 0 Å². The lowest BCUT2D eigenvalue weighted by molar-refractivity contribution is -0.387. The molecule has 1 amide bonds. The van der Waals surface area contributed by atoms with Gasteiger partial charge in [0.05, 0.1) is 17.2 Å². The van der Waals surface area contributed by atoms with Gasteiger partial charge in [-0.1, -0.05) is 18.2 Å². The van der Waals surface area contributed by atoms with Gasteiger partial charge in [-0.05, 0) is 46.6 Å². The van der Waals surface area contributed by atoms with Crippen LogP contribution in [-0.4, -0.2) is 61.2 Å². The smallest absolute Gasteiger partial charge is 0.289 e. The Morgan fingerprint density at radius 3 is 2.47 bits per heavy atom. The molecule has 1 aliphatic heterocycles. The third kappa shape index (κ3) is 5.04. The fraction of sp³-hybridized carbons (Fsp3) is 0.316. The third-order valence-corrected chi connectivity index (χ3v) is 7.38. The molecule has 0 bridgehead atoms.